The van der Waals surface area contributed by atoms with Crippen molar-refractivity contribution in [1.82, 2.24) is 14.9 Å². The fourth-order valence-corrected chi connectivity index (χ4v) is 3.00. The Kier molecular flexibility index (Phi) is 4.44. The minimum Gasteiger partial charge on any atom is -0.333 e. The second-order valence-electron chi connectivity index (χ2n) is 6.14. The molecule has 0 aliphatic heterocycles. The lowest BCUT2D eigenvalue weighted by atomic mass is 10.0. The van der Waals surface area contributed by atoms with Crippen molar-refractivity contribution in [3.05, 3.63) is 18.2 Å². The third kappa shape index (κ3) is 3.14. The molecule has 1 aromatic heterocycles. The molecule has 1 aliphatic rings. The standard InChI is InChI=1S/C15H27N3/c1-15(2,16-3)14-11-17-12-18(14)10-6-9-13-7-4-5-8-13/h11-13,16H,4-10H2,1-3H3. The summed E-state index contributed by atoms with van der Waals surface area (Å²) in [6.45, 7) is 5.52. The van der Waals surface area contributed by atoms with Gasteiger partial charge in [-0.1, -0.05) is 25.7 Å². The average molecular weight is 249 g/mol. The molecule has 1 heterocycles. The molecule has 102 valence electrons. The maximum absolute atomic E-state index is 4.31. The van der Waals surface area contributed by atoms with Crippen LogP contribution in [0.25, 0.3) is 0 Å². The maximum Gasteiger partial charge on any atom is 0.0948 e. The molecule has 18 heavy (non-hydrogen) atoms. The zero-order valence-corrected chi connectivity index (χ0v) is 12.1. The zero-order valence-electron chi connectivity index (χ0n) is 12.1. The SMILES string of the molecule is CNC(C)(C)c1cncn1CCCC1CCCC1. The van der Waals surface area contributed by atoms with Crippen LogP contribution < -0.4 is 5.32 Å². The first-order chi connectivity index (χ1) is 8.63. The van der Waals surface area contributed by atoms with Gasteiger partial charge in [0.25, 0.3) is 0 Å². The van der Waals surface area contributed by atoms with E-state index in [2.05, 4.69) is 28.7 Å². The highest BCUT2D eigenvalue weighted by atomic mass is 15.1. The first-order valence-corrected chi connectivity index (χ1v) is 7.33. The van der Waals surface area contributed by atoms with Crippen LogP contribution in [0.3, 0.4) is 0 Å². The van der Waals surface area contributed by atoms with Crippen molar-refractivity contribution in [2.75, 3.05) is 7.05 Å². The van der Waals surface area contributed by atoms with Gasteiger partial charge in [0, 0.05) is 12.7 Å². The summed E-state index contributed by atoms with van der Waals surface area (Å²) >= 11 is 0. The summed E-state index contributed by atoms with van der Waals surface area (Å²) in [5, 5.41) is 3.35. The molecule has 2 rings (SSSR count). The number of nitrogens with one attached hydrogen (secondary N) is 1. The second-order valence-corrected chi connectivity index (χ2v) is 6.14. The molecule has 1 N–H and O–H groups in total. The highest BCUT2D eigenvalue weighted by molar-refractivity contribution is 5.10. The van der Waals surface area contributed by atoms with Crippen molar-refractivity contribution in [3.8, 4) is 0 Å². The van der Waals surface area contributed by atoms with Gasteiger partial charge in [-0.3, -0.25) is 0 Å². The molecule has 0 amide bonds. The van der Waals surface area contributed by atoms with Crippen LogP contribution in [0.15, 0.2) is 12.5 Å². The molecule has 0 saturated heterocycles. The Morgan fingerprint density at radius 2 is 2.11 bits per heavy atom. The van der Waals surface area contributed by atoms with Gasteiger partial charge in [0.2, 0.25) is 0 Å². The predicted molar refractivity (Wildman–Crippen MR) is 75.5 cm³/mol. The van der Waals surface area contributed by atoms with E-state index in [0.29, 0.717) is 0 Å². The van der Waals surface area contributed by atoms with Crippen LogP contribution >= 0.6 is 0 Å². The van der Waals surface area contributed by atoms with Crippen LogP contribution in [-0.2, 0) is 12.1 Å². The topological polar surface area (TPSA) is 29.9 Å². The molecular weight excluding hydrogens is 222 g/mol. The van der Waals surface area contributed by atoms with Crippen LogP contribution in [0.4, 0.5) is 0 Å². The number of aromatic nitrogens is 2. The lowest BCUT2D eigenvalue weighted by molar-refractivity contribution is 0.395. The molecule has 0 radical (unpaired) electrons. The normalized spacial score (nSPS) is 17.5. The first-order valence-electron chi connectivity index (χ1n) is 7.33. The van der Waals surface area contributed by atoms with E-state index in [1.807, 2.05) is 19.6 Å². The number of aryl methyl sites for hydroxylation is 1. The van der Waals surface area contributed by atoms with E-state index in [-0.39, 0.29) is 5.54 Å². The van der Waals surface area contributed by atoms with E-state index in [4.69, 9.17) is 0 Å². The number of hydrogen-bond acceptors (Lipinski definition) is 2. The molecule has 1 aromatic rings. The summed E-state index contributed by atoms with van der Waals surface area (Å²) < 4.78 is 2.31. The largest absolute Gasteiger partial charge is 0.333 e. The average Bonchev–Trinajstić information content (AvgIpc) is 3.00. The summed E-state index contributed by atoms with van der Waals surface area (Å²) in [6, 6.07) is 0. The van der Waals surface area contributed by atoms with Crippen LogP contribution in [0, 0.1) is 5.92 Å². The smallest absolute Gasteiger partial charge is 0.0948 e. The Balaban J connectivity index is 1.87. The molecule has 3 nitrogen and oxygen atoms in total. The monoisotopic (exact) mass is 249 g/mol. The highest BCUT2D eigenvalue weighted by Gasteiger charge is 2.22. The molecule has 1 aliphatic carbocycles. The van der Waals surface area contributed by atoms with E-state index < -0.39 is 0 Å². The summed E-state index contributed by atoms with van der Waals surface area (Å²) in [4.78, 5) is 4.31. The van der Waals surface area contributed by atoms with Gasteiger partial charge in [-0.25, -0.2) is 4.98 Å². The maximum atomic E-state index is 4.31. The quantitative estimate of drug-likeness (QED) is 0.838. The van der Waals surface area contributed by atoms with Crippen molar-refractivity contribution < 1.29 is 0 Å². The Labute approximate surface area is 111 Å². The third-order valence-corrected chi connectivity index (χ3v) is 4.46. The molecular formula is C15H27N3. The van der Waals surface area contributed by atoms with E-state index in [1.165, 1.54) is 44.2 Å². The second kappa shape index (κ2) is 5.87. The van der Waals surface area contributed by atoms with Crippen LogP contribution in [-0.4, -0.2) is 16.6 Å². The van der Waals surface area contributed by atoms with Gasteiger partial charge in [-0.05, 0) is 39.7 Å². The van der Waals surface area contributed by atoms with Gasteiger partial charge < -0.3 is 9.88 Å². The number of imidazole rings is 1. The molecule has 0 aromatic carbocycles. The van der Waals surface area contributed by atoms with Gasteiger partial charge in [0.05, 0.1) is 17.6 Å². The Morgan fingerprint density at radius 1 is 1.39 bits per heavy atom. The van der Waals surface area contributed by atoms with Crippen molar-refractivity contribution in [2.45, 2.75) is 64.5 Å². The molecule has 0 unspecified atom stereocenters. The first kappa shape index (κ1) is 13.6. The molecule has 1 saturated carbocycles. The summed E-state index contributed by atoms with van der Waals surface area (Å²) in [6.07, 6.45) is 12.5. The molecule has 3 heteroatoms. The van der Waals surface area contributed by atoms with Gasteiger partial charge in [0.15, 0.2) is 0 Å². The number of hydrogen-bond donors (Lipinski definition) is 1. The van der Waals surface area contributed by atoms with Crippen LogP contribution in [0.1, 0.15) is 58.1 Å². The summed E-state index contributed by atoms with van der Waals surface area (Å²) in [5.74, 6) is 0.995. The van der Waals surface area contributed by atoms with E-state index in [9.17, 15) is 0 Å². The van der Waals surface area contributed by atoms with Gasteiger partial charge in [-0.15, -0.1) is 0 Å². The fourth-order valence-electron chi connectivity index (χ4n) is 3.00. The molecule has 0 spiro atoms. The predicted octanol–water partition coefficient (Wildman–Crippen LogP) is 3.31. The number of nitrogens with zero attached hydrogens (tertiary/aromatic N) is 2. The van der Waals surface area contributed by atoms with Gasteiger partial charge in [-0.2, -0.15) is 0 Å². The van der Waals surface area contributed by atoms with Crippen molar-refractivity contribution >= 4 is 0 Å². The molecule has 0 bridgehead atoms. The Bertz CT molecular complexity index is 362. The minimum atomic E-state index is 0.00383. The fraction of sp³-hybridized carbons (Fsp3) is 0.800. The molecule has 1 fully saturated rings. The van der Waals surface area contributed by atoms with E-state index in [1.54, 1.807) is 0 Å². The van der Waals surface area contributed by atoms with Crippen LogP contribution in [0.2, 0.25) is 0 Å². The minimum absolute atomic E-state index is 0.00383. The van der Waals surface area contributed by atoms with Gasteiger partial charge >= 0.3 is 0 Å². The Hall–Kier alpha value is -0.830. The zero-order chi connectivity index (χ0) is 13.0. The van der Waals surface area contributed by atoms with E-state index in [0.717, 1.165) is 12.5 Å². The third-order valence-electron chi connectivity index (χ3n) is 4.46. The summed E-state index contributed by atoms with van der Waals surface area (Å²) in [7, 11) is 2.01. The van der Waals surface area contributed by atoms with Crippen LogP contribution in [0.5, 0.6) is 0 Å². The number of rotatable bonds is 6. The van der Waals surface area contributed by atoms with Crippen molar-refractivity contribution in [3.63, 3.8) is 0 Å². The molecule has 0 atom stereocenters. The lowest BCUT2D eigenvalue weighted by Crippen LogP contribution is -2.35. The Morgan fingerprint density at radius 3 is 2.78 bits per heavy atom. The van der Waals surface area contributed by atoms with Crippen molar-refractivity contribution in [2.24, 2.45) is 5.92 Å². The highest BCUT2D eigenvalue weighted by Crippen LogP contribution is 2.29. The summed E-state index contributed by atoms with van der Waals surface area (Å²) in [5.41, 5.74) is 1.29. The van der Waals surface area contributed by atoms with E-state index >= 15 is 0 Å². The van der Waals surface area contributed by atoms with Crippen molar-refractivity contribution in [1.29, 1.82) is 0 Å². The lowest BCUT2D eigenvalue weighted by Gasteiger charge is -2.25. The van der Waals surface area contributed by atoms with Gasteiger partial charge in [0.1, 0.15) is 0 Å².